The summed E-state index contributed by atoms with van der Waals surface area (Å²) in [5.74, 6) is 0. The number of piperidine rings is 1. The third-order valence-corrected chi connectivity index (χ3v) is 5.61. The Morgan fingerprint density at radius 3 is 2.67 bits per heavy atom. The second-order valence-electron chi connectivity index (χ2n) is 6.32. The molecule has 0 amide bonds. The first-order valence-corrected chi connectivity index (χ1v) is 9.46. The molecule has 0 aliphatic carbocycles. The lowest BCUT2D eigenvalue weighted by Gasteiger charge is -2.35. The van der Waals surface area contributed by atoms with Crippen LogP contribution in [0.15, 0.2) is 54.3 Å². The molecule has 1 aromatic carbocycles. The lowest BCUT2D eigenvalue weighted by molar-refractivity contribution is 0.140. The Balaban J connectivity index is 1.55. The molecule has 1 atom stereocenters. The smallest absolute Gasteiger partial charge is 0.110 e. The summed E-state index contributed by atoms with van der Waals surface area (Å²) < 4.78 is 1.99. The third-order valence-electron chi connectivity index (χ3n) is 4.73. The van der Waals surface area contributed by atoms with E-state index in [0.29, 0.717) is 6.04 Å². The molecule has 3 heterocycles. The summed E-state index contributed by atoms with van der Waals surface area (Å²) in [7, 11) is 0. The lowest BCUT2D eigenvalue weighted by Crippen LogP contribution is -2.33. The number of nitrogens with zero attached hydrogens (tertiary/aromatic N) is 4. The van der Waals surface area contributed by atoms with Crippen molar-refractivity contribution >= 4 is 11.3 Å². The van der Waals surface area contributed by atoms with E-state index in [1.54, 1.807) is 11.3 Å². The molecule has 4 rings (SSSR count). The molecule has 0 bridgehead atoms. The second-order valence-corrected chi connectivity index (χ2v) is 7.25. The Hall–Kier alpha value is -1.98. The van der Waals surface area contributed by atoms with Gasteiger partial charge in [0.25, 0.3) is 0 Å². The normalized spacial score (nSPS) is 18.8. The minimum absolute atomic E-state index is 0.469. The van der Waals surface area contributed by atoms with Crippen molar-refractivity contribution in [2.24, 2.45) is 0 Å². The minimum Gasteiger partial charge on any atom is -0.290 e. The molecule has 1 saturated heterocycles. The summed E-state index contributed by atoms with van der Waals surface area (Å²) in [4.78, 5) is 7.18. The van der Waals surface area contributed by atoms with Crippen LogP contribution >= 0.6 is 11.3 Å². The molecule has 0 spiro atoms. The molecule has 2 aromatic heterocycles. The van der Waals surface area contributed by atoms with E-state index in [1.165, 1.54) is 35.4 Å². The van der Waals surface area contributed by atoms with Crippen LogP contribution in [-0.2, 0) is 13.1 Å². The molecule has 5 heteroatoms. The van der Waals surface area contributed by atoms with Gasteiger partial charge in [0.05, 0.1) is 12.6 Å². The van der Waals surface area contributed by atoms with Gasteiger partial charge in [0.2, 0.25) is 0 Å². The average Bonchev–Trinajstić information content (AvgIpc) is 3.31. The number of aromatic nitrogens is 3. The van der Waals surface area contributed by atoms with E-state index >= 15 is 0 Å². The van der Waals surface area contributed by atoms with Crippen LogP contribution in [0.1, 0.15) is 41.4 Å². The van der Waals surface area contributed by atoms with Crippen LogP contribution in [0.4, 0.5) is 0 Å². The van der Waals surface area contributed by atoms with Crippen LogP contribution < -0.4 is 0 Å². The maximum absolute atomic E-state index is 4.58. The summed E-state index contributed by atoms with van der Waals surface area (Å²) in [6, 6.07) is 11.2. The molecule has 3 aromatic rings. The highest BCUT2D eigenvalue weighted by Gasteiger charge is 2.26. The molecule has 0 radical (unpaired) electrons. The van der Waals surface area contributed by atoms with Crippen LogP contribution in [0.3, 0.4) is 0 Å². The molecule has 1 aliphatic rings. The Morgan fingerprint density at radius 2 is 1.92 bits per heavy atom. The minimum atomic E-state index is 0.469. The molecule has 1 fully saturated rings. The fraction of sp³-hybridized carbons (Fsp3) is 0.368. The zero-order valence-corrected chi connectivity index (χ0v) is 14.5. The number of rotatable bonds is 5. The van der Waals surface area contributed by atoms with Crippen molar-refractivity contribution in [3.63, 3.8) is 0 Å². The third kappa shape index (κ3) is 3.42. The van der Waals surface area contributed by atoms with Gasteiger partial charge in [-0.3, -0.25) is 9.58 Å². The lowest BCUT2D eigenvalue weighted by atomic mass is 10.00. The number of hydrogen-bond donors (Lipinski definition) is 0. The number of hydrogen-bond acceptors (Lipinski definition) is 4. The fourth-order valence-electron chi connectivity index (χ4n) is 3.51. The summed E-state index contributed by atoms with van der Waals surface area (Å²) in [5.41, 5.74) is 2.75. The quantitative estimate of drug-likeness (QED) is 0.702. The van der Waals surface area contributed by atoms with E-state index in [2.05, 4.69) is 44.6 Å². The van der Waals surface area contributed by atoms with E-state index in [0.717, 1.165) is 19.6 Å². The van der Waals surface area contributed by atoms with Gasteiger partial charge >= 0.3 is 0 Å². The summed E-state index contributed by atoms with van der Waals surface area (Å²) in [5, 5.41) is 7.70. The number of likely N-dealkylation sites (tertiary alicyclic amines) is 1. The van der Waals surface area contributed by atoms with Gasteiger partial charge in [-0.2, -0.15) is 5.10 Å². The monoisotopic (exact) mass is 338 g/mol. The Morgan fingerprint density at radius 1 is 1.04 bits per heavy atom. The highest BCUT2D eigenvalue weighted by atomic mass is 32.1. The van der Waals surface area contributed by atoms with E-state index in [-0.39, 0.29) is 0 Å². The first kappa shape index (κ1) is 15.5. The van der Waals surface area contributed by atoms with Gasteiger partial charge in [0.1, 0.15) is 5.01 Å². The van der Waals surface area contributed by atoms with Crippen molar-refractivity contribution in [3.8, 4) is 0 Å². The Labute approximate surface area is 146 Å². The zero-order valence-electron chi connectivity index (χ0n) is 13.7. The first-order valence-electron chi connectivity index (χ1n) is 8.58. The van der Waals surface area contributed by atoms with Gasteiger partial charge in [0, 0.05) is 30.5 Å². The van der Waals surface area contributed by atoms with Gasteiger partial charge in [-0.25, -0.2) is 4.98 Å². The van der Waals surface area contributed by atoms with Gasteiger partial charge in [-0.1, -0.05) is 30.7 Å². The van der Waals surface area contributed by atoms with Gasteiger partial charge in [-0.15, -0.1) is 11.3 Å². The van der Waals surface area contributed by atoms with Crippen molar-refractivity contribution in [2.75, 3.05) is 6.54 Å². The van der Waals surface area contributed by atoms with Crippen LogP contribution in [0.5, 0.6) is 0 Å². The van der Waals surface area contributed by atoms with Crippen LogP contribution in [-0.4, -0.2) is 26.2 Å². The molecule has 24 heavy (non-hydrogen) atoms. The summed E-state index contributed by atoms with van der Waals surface area (Å²) in [6.45, 7) is 2.97. The fourth-order valence-corrected chi connectivity index (χ4v) is 4.32. The molecule has 124 valence electrons. The molecule has 1 unspecified atom stereocenters. The number of thiazole rings is 1. The largest absolute Gasteiger partial charge is 0.290 e. The Kier molecular flexibility index (Phi) is 4.71. The summed E-state index contributed by atoms with van der Waals surface area (Å²) >= 11 is 1.78. The van der Waals surface area contributed by atoms with E-state index < -0.39 is 0 Å². The zero-order chi connectivity index (χ0) is 16.2. The second kappa shape index (κ2) is 7.28. The van der Waals surface area contributed by atoms with Gasteiger partial charge in [0.15, 0.2) is 0 Å². The molecule has 1 aliphatic heterocycles. The molecular weight excluding hydrogens is 316 g/mol. The summed E-state index contributed by atoms with van der Waals surface area (Å²) in [6.07, 6.45) is 9.59. The maximum Gasteiger partial charge on any atom is 0.110 e. The molecule has 0 saturated carbocycles. The van der Waals surface area contributed by atoms with Crippen LogP contribution in [0, 0.1) is 0 Å². The Bertz CT molecular complexity index is 752. The first-order chi connectivity index (χ1) is 11.9. The highest BCUT2D eigenvalue weighted by molar-refractivity contribution is 7.09. The van der Waals surface area contributed by atoms with Crippen molar-refractivity contribution in [3.05, 3.63) is 70.4 Å². The predicted octanol–water partition coefficient (Wildman–Crippen LogP) is 4.12. The molecular formula is C19H22N4S. The van der Waals surface area contributed by atoms with Crippen molar-refractivity contribution in [1.29, 1.82) is 0 Å². The standard InChI is InChI=1S/C19H22N4S/c1-2-7-17(15-23-12-5-9-21-23)16(6-1)14-22-11-4-3-8-18(22)19-20-10-13-24-19/h1-2,5-7,9-10,12-13,18H,3-4,8,11,14-15H2. The van der Waals surface area contributed by atoms with Gasteiger partial charge < -0.3 is 0 Å². The van der Waals surface area contributed by atoms with Gasteiger partial charge in [-0.05, 0) is 36.6 Å². The highest BCUT2D eigenvalue weighted by Crippen LogP contribution is 2.33. The van der Waals surface area contributed by atoms with Crippen LogP contribution in [0.2, 0.25) is 0 Å². The predicted molar refractivity (Wildman–Crippen MR) is 96.9 cm³/mol. The number of benzene rings is 1. The van der Waals surface area contributed by atoms with Crippen molar-refractivity contribution in [2.45, 2.75) is 38.4 Å². The van der Waals surface area contributed by atoms with E-state index in [1.807, 2.05) is 29.3 Å². The topological polar surface area (TPSA) is 34.0 Å². The molecule has 4 nitrogen and oxygen atoms in total. The van der Waals surface area contributed by atoms with Crippen LogP contribution in [0.25, 0.3) is 0 Å². The van der Waals surface area contributed by atoms with E-state index in [9.17, 15) is 0 Å². The maximum atomic E-state index is 4.58. The van der Waals surface area contributed by atoms with Crippen molar-refractivity contribution < 1.29 is 0 Å². The average molecular weight is 338 g/mol. The van der Waals surface area contributed by atoms with E-state index in [4.69, 9.17) is 0 Å². The molecule has 0 N–H and O–H groups in total. The SMILES string of the molecule is c1ccc(Cn2cccn2)c(CN2CCCCC2c2nccs2)c1. The van der Waals surface area contributed by atoms with Crippen molar-refractivity contribution in [1.82, 2.24) is 19.7 Å².